The highest BCUT2D eigenvalue weighted by atomic mass is 16.1. The maximum atomic E-state index is 12.7. The smallest absolute Gasteiger partial charge is 0.257 e. The number of rotatable bonds is 5. The van der Waals surface area contributed by atoms with E-state index in [0.29, 0.717) is 5.56 Å². The lowest BCUT2D eigenvalue weighted by Crippen LogP contribution is -2.17. The Morgan fingerprint density at radius 1 is 0.931 bits per heavy atom. The SMILES string of the molecule is Cc1cccc(C)c1NC(=O)c1cncc(Nc2ccc(N3CCCC3)cc2)c1. The lowest BCUT2D eigenvalue weighted by atomic mass is 10.1. The van der Waals surface area contributed by atoms with Crippen molar-refractivity contribution in [3.8, 4) is 0 Å². The van der Waals surface area contributed by atoms with E-state index in [1.165, 1.54) is 18.5 Å². The molecule has 1 amide bonds. The third-order valence-electron chi connectivity index (χ3n) is 5.35. The highest BCUT2D eigenvalue weighted by Gasteiger charge is 2.13. The molecule has 5 heteroatoms. The topological polar surface area (TPSA) is 57.3 Å². The lowest BCUT2D eigenvalue weighted by Gasteiger charge is -2.18. The number of aryl methyl sites for hydroxylation is 2. The Bertz CT molecular complexity index is 987. The van der Waals surface area contributed by atoms with E-state index in [4.69, 9.17) is 0 Å². The van der Waals surface area contributed by atoms with Crippen molar-refractivity contribution in [1.29, 1.82) is 0 Å². The lowest BCUT2D eigenvalue weighted by molar-refractivity contribution is 0.102. The first-order valence-corrected chi connectivity index (χ1v) is 10.0. The first-order chi connectivity index (χ1) is 14.1. The number of anilines is 4. The van der Waals surface area contributed by atoms with Crippen molar-refractivity contribution in [2.75, 3.05) is 28.6 Å². The Kier molecular flexibility index (Phi) is 5.47. The molecule has 0 spiro atoms. The van der Waals surface area contributed by atoms with Crippen molar-refractivity contribution in [3.63, 3.8) is 0 Å². The van der Waals surface area contributed by atoms with Crippen LogP contribution < -0.4 is 15.5 Å². The number of carbonyl (C=O) groups is 1. The molecule has 1 aliphatic rings. The molecule has 1 aromatic heterocycles. The number of carbonyl (C=O) groups excluding carboxylic acids is 1. The largest absolute Gasteiger partial charge is 0.372 e. The van der Waals surface area contributed by atoms with Crippen molar-refractivity contribution < 1.29 is 4.79 Å². The summed E-state index contributed by atoms with van der Waals surface area (Å²) >= 11 is 0. The third-order valence-corrected chi connectivity index (χ3v) is 5.35. The fourth-order valence-electron chi connectivity index (χ4n) is 3.73. The second-order valence-electron chi connectivity index (χ2n) is 7.55. The van der Waals surface area contributed by atoms with Crippen molar-refractivity contribution >= 4 is 28.7 Å². The number of para-hydroxylation sites is 1. The van der Waals surface area contributed by atoms with Gasteiger partial charge in [-0.1, -0.05) is 18.2 Å². The molecule has 1 fully saturated rings. The van der Waals surface area contributed by atoms with Crippen LogP contribution >= 0.6 is 0 Å². The summed E-state index contributed by atoms with van der Waals surface area (Å²) in [6.07, 6.45) is 5.85. The normalized spacial score (nSPS) is 13.4. The molecule has 0 saturated carbocycles. The Morgan fingerprint density at radius 3 is 2.31 bits per heavy atom. The number of nitrogens with one attached hydrogen (secondary N) is 2. The second-order valence-corrected chi connectivity index (χ2v) is 7.55. The average molecular weight is 386 g/mol. The van der Waals surface area contributed by atoms with Crippen LogP contribution in [0.25, 0.3) is 0 Å². The molecule has 5 nitrogen and oxygen atoms in total. The number of hydrogen-bond acceptors (Lipinski definition) is 4. The van der Waals surface area contributed by atoms with Crippen LogP contribution in [0.1, 0.15) is 34.3 Å². The minimum Gasteiger partial charge on any atom is -0.372 e. The van der Waals surface area contributed by atoms with E-state index in [2.05, 4.69) is 44.8 Å². The van der Waals surface area contributed by atoms with E-state index in [1.807, 2.05) is 38.1 Å². The maximum Gasteiger partial charge on any atom is 0.257 e. The Labute approximate surface area is 171 Å². The van der Waals surface area contributed by atoms with Gasteiger partial charge in [-0.05, 0) is 68.1 Å². The Hall–Kier alpha value is -3.34. The van der Waals surface area contributed by atoms with Crippen molar-refractivity contribution in [2.45, 2.75) is 26.7 Å². The number of pyridine rings is 1. The van der Waals surface area contributed by atoms with Gasteiger partial charge in [-0.2, -0.15) is 0 Å². The van der Waals surface area contributed by atoms with Crippen LogP contribution in [0, 0.1) is 13.8 Å². The quantitative estimate of drug-likeness (QED) is 0.625. The molecule has 0 unspecified atom stereocenters. The first kappa shape index (κ1) is 19.0. The average Bonchev–Trinajstić information content (AvgIpc) is 3.26. The molecule has 29 heavy (non-hydrogen) atoms. The molecule has 148 valence electrons. The molecule has 0 radical (unpaired) electrons. The monoisotopic (exact) mass is 386 g/mol. The first-order valence-electron chi connectivity index (χ1n) is 10.0. The summed E-state index contributed by atoms with van der Waals surface area (Å²) in [5, 5.41) is 6.35. The molecule has 0 atom stereocenters. The fourth-order valence-corrected chi connectivity index (χ4v) is 3.73. The zero-order valence-corrected chi connectivity index (χ0v) is 16.9. The zero-order chi connectivity index (χ0) is 20.2. The number of hydrogen-bond donors (Lipinski definition) is 2. The molecule has 4 rings (SSSR count). The molecule has 2 heterocycles. The third kappa shape index (κ3) is 4.40. The van der Waals surface area contributed by atoms with Gasteiger partial charge in [-0.25, -0.2) is 0 Å². The van der Waals surface area contributed by atoms with Gasteiger partial charge in [0.05, 0.1) is 17.4 Å². The molecule has 0 aliphatic carbocycles. The molecule has 2 aromatic carbocycles. The van der Waals surface area contributed by atoms with Gasteiger partial charge >= 0.3 is 0 Å². The van der Waals surface area contributed by atoms with Gasteiger partial charge in [-0.3, -0.25) is 9.78 Å². The standard InChI is InChI=1S/C24H26N4O/c1-17-6-5-7-18(2)23(17)27-24(29)19-14-21(16-25-15-19)26-20-8-10-22(11-9-20)28-12-3-4-13-28/h5-11,14-16,26H,3-4,12-13H2,1-2H3,(H,27,29). The summed E-state index contributed by atoms with van der Waals surface area (Å²) in [4.78, 5) is 19.4. The summed E-state index contributed by atoms with van der Waals surface area (Å²) in [5.74, 6) is -0.164. The Morgan fingerprint density at radius 2 is 1.62 bits per heavy atom. The van der Waals surface area contributed by atoms with E-state index >= 15 is 0 Å². The van der Waals surface area contributed by atoms with Crippen LogP contribution in [0.15, 0.2) is 60.9 Å². The summed E-state index contributed by atoms with van der Waals surface area (Å²) in [7, 11) is 0. The zero-order valence-electron chi connectivity index (χ0n) is 16.9. The van der Waals surface area contributed by atoms with Crippen LogP contribution in [0.5, 0.6) is 0 Å². The number of amides is 1. The van der Waals surface area contributed by atoms with Crippen molar-refractivity contribution in [3.05, 3.63) is 77.6 Å². The van der Waals surface area contributed by atoms with E-state index in [-0.39, 0.29) is 5.91 Å². The molecule has 0 bridgehead atoms. The molecular weight excluding hydrogens is 360 g/mol. The molecular formula is C24H26N4O. The van der Waals surface area contributed by atoms with E-state index in [1.54, 1.807) is 12.4 Å². The summed E-state index contributed by atoms with van der Waals surface area (Å²) in [6, 6.07) is 16.2. The number of aromatic nitrogens is 1. The van der Waals surface area contributed by atoms with Gasteiger partial charge in [0.2, 0.25) is 0 Å². The van der Waals surface area contributed by atoms with Crippen molar-refractivity contribution in [2.24, 2.45) is 0 Å². The van der Waals surface area contributed by atoms with Gasteiger partial charge in [0.1, 0.15) is 0 Å². The number of benzene rings is 2. The number of nitrogens with zero attached hydrogens (tertiary/aromatic N) is 2. The summed E-state index contributed by atoms with van der Waals surface area (Å²) in [6.45, 7) is 6.25. The summed E-state index contributed by atoms with van der Waals surface area (Å²) in [5.41, 5.74) is 6.47. The van der Waals surface area contributed by atoms with Gasteiger partial charge in [0.25, 0.3) is 5.91 Å². The van der Waals surface area contributed by atoms with Gasteiger partial charge in [-0.15, -0.1) is 0 Å². The molecule has 2 N–H and O–H groups in total. The van der Waals surface area contributed by atoms with Gasteiger partial charge < -0.3 is 15.5 Å². The molecule has 1 saturated heterocycles. The van der Waals surface area contributed by atoms with E-state index < -0.39 is 0 Å². The minimum atomic E-state index is -0.164. The molecule has 1 aliphatic heterocycles. The predicted molar refractivity (Wildman–Crippen MR) is 119 cm³/mol. The molecule has 3 aromatic rings. The second kappa shape index (κ2) is 8.35. The highest BCUT2D eigenvalue weighted by Crippen LogP contribution is 2.25. The van der Waals surface area contributed by atoms with E-state index in [9.17, 15) is 4.79 Å². The van der Waals surface area contributed by atoms with Crippen LogP contribution in [0.3, 0.4) is 0 Å². The summed E-state index contributed by atoms with van der Waals surface area (Å²) < 4.78 is 0. The van der Waals surface area contributed by atoms with Crippen LogP contribution in [-0.2, 0) is 0 Å². The van der Waals surface area contributed by atoms with Crippen LogP contribution in [0.2, 0.25) is 0 Å². The van der Waals surface area contributed by atoms with Crippen molar-refractivity contribution in [1.82, 2.24) is 4.98 Å². The van der Waals surface area contributed by atoms with Gasteiger partial charge in [0, 0.05) is 36.3 Å². The predicted octanol–water partition coefficient (Wildman–Crippen LogP) is 5.29. The maximum absolute atomic E-state index is 12.7. The van der Waals surface area contributed by atoms with E-state index in [0.717, 1.165) is 41.3 Å². The van der Waals surface area contributed by atoms with Crippen LogP contribution in [-0.4, -0.2) is 24.0 Å². The van der Waals surface area contributed by atoms with Gasteiger partial charge in [0.15, 0.2) is 0 Å². The Balaban J connectivity index is 1.46. The highest BCUT2D eigenvalue weighted by molar-refractivity contribution is 6.05. The van der Waals surface area contributed by atoms with Crippen LogP contribution in [0.4, 0.5) is 22.7 Å². The fraction of sp³-hybridized carbons (Fsp3) is 0.250. The minimum absolute atomic E-state index is 0.164.